The number of halogens is 3. The van der Waals surface area contributed by atoms with Gasteiger partial charge in [-0.15, -0.1) is 0 Å². The molecule has 2 heterocycles. The van der Waals surface area contributed by atoms with Crippen LogP contribution in [0.15, 0.2) is 48.8 Å². The van der Waals surface area contributed by atoms with Crippen molar-refractivity contribution in [3.05, 3.63) is 65.5 Å². The number of hydrogen-bond acceptors (Lipinski definition) is 2. The Morgan fingerprint density at radius 1 is 1.12 bits per heavy atom. The lowest BCUT2D eigenvalue weighted by atomic mass is 9.90. The second kappa shape index (κ2) is 8.00. The number of aromatic nitrogens is 1. The van der Waals surface area contributed by atoms with E-state index in [-0.39, 0.29) is 0 Å². The maximum Gasteiger partial charge on any atom is 0.416 e. The molecule has 5 heteroatoms. The number of likely N-dealkylation sites (tertiary alicyclic amines) is 1. The summed E-state index contributed by atoms with van der Waals surface area (Å²) < 4.78 is 39.3. The van der Waals surface area contributed by atoms with Crippen molar-refractivity contribution < 1.29 is 13.2 Å². The summed E-state index contributed by atoms with van der Waals surface area (Å²) in [6, 6.07) is 9.95. The van der Waals surface area contributed by atoms with Gasteiger partial charge in [0.1, 0.15) is 0 Å². The molecule has 134 valence electrons. The molecule has 0 amide bonds. The van der Waals surface area contributed by atoms with Gasteiger partial charge >= 0.3 is 6.18 Å². The van der Waals surface area contributed by atoms with Crippen LogP contribution in [0.2, 0.25) is 0 Å². The van der Waals surface area contributed by atoms with Crippen molar-refractivity contribution in [3.63, 3.8) is 0 Å². The van der Waals surface area contributed by atoms with E-state index in [9.17, 15) is 13.2 Å². The second-order valence-electron chi connectivity index (χ2n) is 6.80. The van der Waals surface area contributed by atoms with Crippen LogP contribution in [0.25, 0.3) is 0 Å². The molecule has 1 fully saturated rings. The van der Waals surface area contributed by atoms with E-state index in [1.54, 1.807) is 18.3 Å². The van der Waals surface area contributed by atoms with E-state index in [1.165, 1.54) is 17.7 Å². The molecule has 2 aromatic rings. The Kier molecular flexibility index (Phi) is 5.74. The molecule has 1 aliphatic rings. The lowest BCUT2D eigenvalue weighted by Crippen LogP contribution is -2.35. The Morgan fingerprint density at radius 2 is 1.96 bits per heavy atom. The van der Waals surface area contributed by atoms with Gasteiger partial charge in [0.2, 0.25) is 0 Å². The van der Waals surface area contributed by atoms with Crippen molar-refractivity contribution in [1.29, 1.82) is 0 Å². The average Bonchev–Trinajstić information content (AvgIpc) is 2.61. The summed E-state index contributed by atoms with van der Waals surface area (Å²) in [5.74, 6) is 0.451. The van der Waals surface area contributed by atoms with Gasteiger partial charge in [0, 0.05) is 25.5 Å². The van der Waals surface area contributed by atoms with Crippen molar-refractivity contribution in [3.8, 4) is 0 Å². The third-order valence-electron chi connectivity index (χ3n) is 4.88. The number of alkyl halides is 3. The predicted octanol–water partition coefficient (Wildman–Crippen LogP) is 4.95. The van der Waals surface area contributed by atoms with Crippen LogP contribution in [0, 0.1) is 5.92 Å². The highest BCUT2D eigenvalue weighted by molar-refractivity contribution is 5.29. The fourth-order valence-electron chi connectivity index (χ4n) is 3.65. The van der Waals surface area contributed by atoms with Gasteiger partial charge in [-0.3, -0.25) is 9.88 Å². The molecule has 3 rings (SSSR count). The van der Waals surface area contributed by atoms with Crippen molar-refractivity contribution in [1.82, 2.24) is 9.88 Å². The van der Waals surface area contributed by atoms with Crippen LogP contribution in [-0.2, 0) is 19.1 Å². The molecule has 0 radical (unpaired) electrons. The number of pyridine rings is 1. The minimum absolute atomic E-state index is 0.416. The van der Waals surface area contributed by atoms with Crippen molar-refractivity contribution in [2.45, 2.75) is 38.4 Å². The van der Waals surface area contributed by atoms with Gasteiger partial charge in [0.15, 0.2) is 0 Å². The summed E-state index contributed by atoms with van der Waals surface area (Å²) in [5, 5.41) is 0. The Balaban J connectivity index is 1.57. The first kappa shape index (κ1) is 17.9. The molecule has 2 nitrogen and oxygen atoms in total. The molecule has 0 spiro atoms. The van der Waals surface area contributed by atoms with Gasteiger partial charge in [0.05, 0.1) is 5.56 Å². The molecule has 0 saturated carbocycles. The first-order valence-electron chi connectivity index (χ1n) is 8.79. The van der Waals surface area contributed by atoms with Gasteiger partial charge in [-0.1, -0.05) is 24.3 Å². The fraction of sp³-hybridized carbons (Fsp3) is 0.450. The summed E-state index contributed by atoms with van der Waals surface area (Å²) >= 11 is 0. The third-order valence-corrected chi connectivity index (χ3v) is 4.88. The van der Waals surface area contributed by atoms with E-state index < -0.39 is 11.7 Å². The highest BCUT2D eigenvalue weighted by atomic mass is 19.4. The predicted molar refractivity (Wildman–Crippen MR) is 92.0 cm³/mol. The van der Waals surface area contributed by atoms with Crippen molar-refractivity contribution in [2.24, 2.45) is 5.92 Å². The molecule has 1 aromatic heterocycles. The molecule has 1 atom stereocenters. The summed E-state index contributed by atoms with van der Waals surface area (Å²) in [7, 11) is 0. The Morgan fingerprint density at radius 3 is 2.72 bits per heavy atom. The van der Waals surface area contributed by atoms with E-state index in [4.69, 9.17) is 0 Å². The maximum atomic E-state index is 13.1. The Labute approximate surface area is 146 Å². The van der Waals surface area contributed by atoms with E-state index >= 15 is 0 Å². The molecule has 1 aromatic carbocycles. The quantitative estimate of drug-likeness (QED) is 0.760. The van der Waals surface area contributed by atoms with Crippen LogP contribution in [0.3, 0.4) is 0 Å². The van der Waals surface area contributed by atoms with Crippen LogP contribution < -0.4 is 0 Å². The highest BCUT2D eigenvalue weighted by Gasteiger charge is 2.33. The largest absolute Gasteiger partial charge is 0.416 e. The molecule has 0 N–H and O–H groups in total. The van der Waals surface area contributed by atoms with Crippen LogP contribution in [0.1, 0.15) is 36.0 Å². The molecule has 25 heavy (non-hydrogen) atoms. The van der Waals surface area contributed by atoms with E-state index in [1.807, 2.05) is 12.3 Å². The smallest absolute Gasteiger partial charge is 0.299 e. The van der Waals surface area contributed by atoms with Gasteiger partial charge < -0.3 is 0 Å². The molecular weight excluding hydrogens is 325 g/mol. The van der Waals surface area contributed by atoms with Crippen LogP contribution in [0.5, 0.6) is 0 Å². The Bertz CT molecular complexity index is 670. The first-order valence-corrected chi connectivity index (χ1v) is 8.79. The summed E-state index contributed by atoms with van der Waals surface area (Å²) in [6.07, 6.45) is 2.86. The molecule has 0 bridgehead atoms. The zero-order valence-corrected chi connectivity index (χ0v) is 14.2. The molecule has 1 saturated heterocycles. The van der Waals surface area contributed by atoms with E-state index in [2.05, 4.69) is 16.0 Å². The van der Waals surface area contributed by atoms with E-state index in [0.717, 1.165) is 38.9 Å². The lowest BCUT2D eigenvalue weighted by molar-refractivity contribution is -0.138. The molecule has 1 aliphatic heterocycles. The second-order valence-corrected chi connectivity index (χ2v) is 6.80. The van der Waals surface area contributed by atoms with Crippen molar-refractivity contribution in [2.75, 3.05) is 13.1 Å². The van der Waals surface area contributed by atoms with Crippen molar-refractivity contribution >= 4 is 0 Å². The van der Waals surface area contributed by atoms with E-state index in [0.29, 0.717) is 17.9 Å². The zero-order valence-electron chi connectivity index (χ0n) is 14.2. The lowest BCUT2D eigenvalue weighted by Gasteiger charge is -2.33. The Hall–Kier alpha value is -1.88. The third kappa shape index (κ3) is 5.05. The van der Waals surface area contributed by atoms with Gasteiger partial charge in [0.25, 0.3) is 0 Å². The first-order chi connectivity index (χ1) is 12.0. The number of aryl methyl sites for hydroxylation is 1. The normalized spacial score (nSPS) is 19.1. The standard InChI is InChI=1S/C20H23F3N2/c21-20(22,23)19-8-2-1-7-18(19)10-9-16-6-4-12-25(14-16)15-17-5-3-11-24-13-17/h1-3,5,7-8,11,13,16H,4,6,9-10,12,14-15H2/t16-/m1/s1. The average molecular weight is 348 g/mol. The minimum atomic E-state index is -4.27. The van der Waals surface area contributed by atoms with Crippen LogP contribution >= 0.6 is 0 Å². The monoisotopic (exact) mass is 348 g/mol. The van der Waals surface area contributed by atoms with Gasteiger partial charge in [-0.25, -0.2) is 0 Å². The fourth-order valence-corrected chi connectivity index (χ4v) is 3.65. The number of nitrogens with zero attached hydrogens (tertiary/aromatic N) is 2. The molecular formula is C20H23F3N2. The van der Waals surface area contributed by atoms with Gasteiger partial charge in [-0.05, 0) is 61.4 Å². The number of rotatable bonds is 5. The number of piperidine rings is 1. The summed E-state index contributed by atoms with van der Waals surface area (Å²) in [5.41, 5.74) is 1.11. The maximum absolute atomic E-state index is 13.1. The molecule has 0 aliphatic carbocycles. The summed E-state index contributed by atoms with van der Waals surface area (Å²) in [6.45, 7) is 2.86. The van der Waals surface area contributed by atoms with Gasteiger partial charge in [-0.2, -0.15) is 13.2 Å². The molecule has 0 unspecified atom stereocenters. The minimum Gasteiger partial charge on any atom is -0.299 e. The van der Waals surface area contributed by atoms with Crippen LogP contribution in [-0.4, -0.2) is 23.0 Å². The topological polar surface area (TPSA) is 16.1 Å². The summed E-state index contributed by atoms with van der Waals surface area (Å²) in [4.78, 5) is 6.53. The zero-order chi connectivity index (χ0) is 17.7. The number of benzene rings is 1. The highest BCUT2D eigenvalue weighted by Crippen LogP contribution is 2.33. The SMILES string of the molecule is FC(F)(F)c1ccccc1CC[C@H]1CCCN(Cc2cccnc2)C1. The van der Waals surface area contributed by atoms with Crippen LogP contribution in [0.4, 0.5) is 13.2 Å². The number of hydrogen-bond donors (Lipinski definition) is 0.